The minimum absolute atomic E-state index is 0. The summed E-state index contributed by atoms with van der Waals surface area (Å²) in [5, 5.41) is 1.46. The zero-order valence-electron chi connectivity index (χ0n) is 5.24. The Hall–Kier alpha value is 0.822. The molecule has 2 heteroatoms. The summed E-state index contributed by atoms with van der Waals surface area (Å²) in [7, 11) is 0. The van der Waals surface area contributed by atoms with E-state index in [4.69, 9.17) is 0 Å². The zero-order chi connectivity index (χ0) is 4.99. The molecule has 0 atom stereocenters. The van der Waals surface area contributed by atoms with Gasteiger partial charge in [-0.1, -0.05) is 0 Å². The van der Waals surface area contributed by atoms with Crippen molar-refractivity contribution in [2.45, 2.75) is 24.9 Å². The maximum Gasteiger partial charge on any atom is -1.00 e. The molecule has 0 aliphatic heterocycles. The Labute approximate surface area is 58.8 Å². The van der Waals surface area contributed by atoms with Gasteiger partial charge in [0.25, 0.3) is 0 Å². The molecule has 0 aromatic heterocycles. The summed E-state index contributed by atoms with van der Waals surface area (Å²) >= 11 is 0.752. The molecule has 0 radical (unpaired) electrons. The van der Waals surface area contributed by atoms with E-state index in [0.717, 1.165) is 21.1 Å². The van der Waals surface area contributed by atoms with E-state index in [2.05, 4.69) is 19.6 Å². The molecule has 0 spiro atoms. The van der Waals surface area contributed by atoms with Gasteiger partial charge in [-0.15, -0.1) is 0 Å². The van der Waals surface area contributed by atoms with E-state index < -0.39 is 0 Å². The Balaban J connectivity index is 0. The van der Waals surface area contributed by atoms with Crippen molar-refractivity contribution in [2.24, 2.45) is 5.92 Å². The Bertz CT molecular complexity index is 29.3. The Morgan fingerprint density at radius 2 is 1.86 bits per heavy atom. The fourth-order valence-corrected chi connectivity index (χ4v) is 1.41. The summed E-state index contributed by atoms with van der Waals surface area (Å²) in [6.07, 6.45) is 0. The van der Waals surface area contributed by atoms with Crippen LogP contribution in [0.1, 0.15) is 13.8 Å². The quantitative estimate of drug-likeness (QED) is 0.417. The van der Waals surface area contributed by atoms with Crippen LogP contribution in [0.2, 0.25) is 11.1 Å². The molecule has 0 N–H and O–H groups in total. The monoisotopic (exact) mass is 134 g/mol. The van der Waals surface area contributed by atoms with Gasteiger partial charge < -0.3 is 12.4 Å². The third kappa shape index (κ3) is 10.9. The van der Waals surface area contributed by atoms with Gasteiger partial charge in [0, 0.05) is 0 Å². The van der Waals surface area contributed by atoms with E-state index in [0.29, 0.717) is 0 Å². The molecule has 42 valence electrons. The maximum atomic E-state index is 2.31. The third-order valence-corrected chi connectivity index (χ3v) is 2.12. The van der Waals surface area contributed by atoms with Gasteiger partial charge in [0.15, 0.2) is 0 Å². The molecule has 7 heavy (non-hydrogen) atoms. The van der Waals surface area contributed by atoms with Crippen LogP contribution in [0.3, 0.4) is 0 Å². The summed E-state index contributed by atoms with van der Waals surface area (Å²) < 4.78 is 0. The molecule has 0 aliphatic carbocycles. The SMILES string of the molecule is [CH3][Al+][CH2]C(C)C.[Cl-]. The average Bonchev–Trinajstić information content (AvgIpc) is 1.35. The fourth-order valence-electron chi connectivity index (χ4n) is 0.471. The predicted octanol–water partition coefficient (Wildman–Crippen LogP) is -1.18. The minimum Gasteiger partial charge on any atom is -1.00 e. The van der Waals surface area contributed by atoms with Gasteiger partial charge in [-0.2, -0.15) is 0 Å². The summed E-state index contributed by atoms with van der Waals surface area (Å²) in [4.78, 5) is 0. The summed E-state index contributed by atoms with van der Waals surface area (Å²) in [6.45, 7) is 4.55. The molecule has 0 bridgehead atoms. The fraction of sp³-hybridized carbons (Fsp3) is 1.00. The summed E-state index contributed by atoms with van der Waals surface area (Å²) in [6, 6.07) is 0. The van der Waals surface area contributed by atoms with Gasteiger partial charge in [0.05, 0.1) is 0 Å². The van der Waals surface area contributed by atoms with E-state index in [1.807, 2.05) is 0 Å². The van der Waals surface area contributed by atoms with Crippen LogP contribution in [0.4, 0.5) is 0 Å². The second-order valence-corrected chi connectivity index (χ2v) is 3.33. The van der Waals surface area contributed by atoms with Gasteiger partial charge in [0.1, 0.15) is 0 Å². The molecule has 0 aliphatic rings. The van der Waals surface area contributed by atoms with E-state index in [-0.39, 0.29) is 12.4 Å². The minimum atomic E-state index is 0. The standard InChI is InChI=1S/C4H9.CH3.Al.ClH/c1-4(2)3;;;/h4H,1H2,2-3H3;1H3;;1H/q;;+1;/p-1. The van der Waals surface area contributed by atoms with E-state index >= 15 is 0 Å². The van der Waals surface area contributed by atoms with Crippen molar-refractivity contribution in [1.82, 2.24) is 0 Å². The first kappa shape index (κ1) is 10.7. The Morgan fingerprint density at radius 3 is 1.86 bits per heavy atom. The first-order valence-corrected chi connectivity index (χ1v) is 4.52. The van der Waals surface area contributed by atoms with E-state index in [1.165, 1.54) is 5.28 Å². The van der Waals surface area contributed by atoms with Crippen LogP contribution >= 0.6 is 0 Å². The van der Waals surface area contributed by atoms with Gasteiger partial charge in [-0.3, -0.25) is 0 Å². The van der Waals surface area contributed by atoms with Crippen molar-refractivity contribution in [1.29, 1.82) is 0 Å². The molecule has 0 saturated heterocycles. The molecule has 0 aromatic carbocycles. The number of rotatable bonds is 2. The van der Waals surface area contributed by atoms with Crippen LogP contribution in [0.5, 0.6) is 0 Å². The molecule has 0 saturated carbocycles. The molecule has 0 amide bonds. The van der Waals surface area contributed by atoms with Gasteiger partial charge in [-0.05, 0) is 0 Å². The van der Waals surface area contributed by atoms with Gasteiger partial charge in [0.2, 0.25) is 0 Å². The predicted molar refractivity (Wildman–Crippen MR) is 31.3 cm³/mol. The van der Waals surface area contributed by atoms with Crippen molar-refractivity contribution in [3.63, 3.8) is 0 Å². The molecule has 0 nitrogen and oxygen atoms in total. The van der Waals surface area contributed by atoms with Crippen molar-refractivity contribution in [3.05, 3.63) is 0 Å². The number of hydrogen-bond donors (Lipinski definition) is 0. The molecular weight excluding hydrogens is 122 g/mol. The summed E-state index contributed by atoms with van der Waals surface area (Å²) in [5.74, 6) is 3.24. The average molecular weight is 135 g/mol. The van der Waals surface area contributed by atoms with Crippen LogP contribution in [0.15, 0.2) is 0 Å². The smallest absolute Gasteiger partial charge is 1.00 e. The van der Waals surface area contributed by atoms with Crippen LogP contribution in [-0.2, 0) is 0 Å². The second-order valence-electron chi connectivity index (χ2n) is 2.04. The molecular formula is C5H12AlCl. The second kappa shape index (κ2) is 6.82. The van der Waals surface area contributed by atoms with Gasteiger partial charge >= 0.3 is 46.1 Å². The van der Waals surface area contributed by atoms with Gasteiger partial charge in [-0.25, -0.2) is 0 Å². The van der Waals surface area contributed by atoms with Crippen LogP contribution in [-0.4, -0.2) is 15.2 Å². The Kier molecular flexibility index (Phi) is 10.5. The first-order chi connectivity index (χ1) is 2.77. The van der Waals surface area contributed by atoms with E-state index in [9.17, 15) is 0 Å². The molecule has 0 fully saturated rings. The maximum absolute atomic E-state index is 2.31. The van der Waals surface area contributed by atoms with Crippen LogP contribution in [0.25, 0.3) is 0 Å². The molecule has 0 unspecified atom stereocenters. The summed E-state index contributed by atoms with van der Waals surface area (Å²) in [5.41, 5.74) is 0. The van der Waals surface area contributed by atoms with Crippen molar-refractivity contribution in [3.8, 4) is 0 Å². The van der Waals surface area contributed by atoms with Crippen molar-refractivity contribution >= 4 is 15.2 Å². The third-order valence-electron chi connectivity index (χ3n) is 0.707. The normalized spacial score (nSPS) is 7.43. The molecule has 0 heterocycles. The number of halogens is 1. The number of hydrogen-bond acceptors (Lipinski definition) is 0. The van der Waals surface area contributed by atoms with Crippen molar-refractivity contribution in [2.75, 3.05) is 0 Å². The molecule has 0 aromatic rings. The largest absolute Gasteiger partial charge is 1.00 e. The van der Waals surface area contributed by atoms with Crippen LogP contribution in [0, 0.1) is 5.92 Å². The zero-order valence-corrected chi connectivity index (χ0v) is 7.15. The Morgan fingerprint density at radius 1 is 1.43 bits per heavy atom. The van der Waals surface area contributed by atoms with Crippen LogP contribution < -0.4 is 12.4 Å². The molecule has 0 rings (SSSR count). The van der Waals surface area contributed by atoms with E-state index in [1.54, 1.807) is 0 Å². The first-order valence-electron chi connectivity index (χ1n) is 2.55. The topological polar surface area (TPSA) is 0 Å². The van der Waals surface area contributed by atoms with Crippen molar-refractivity contribution < 1.29 is 12.4 Å².